The number of rotatable bonds is 9. The molecule has 2 amide bonds. The molecule has 0 aliphatic heterocycles. The van der Waals surface area contributed by atoms with Gasteiger partial charge in [0.2, 0.25) is 5.91 Å². The zero-order valence-corrected chi connectivity index (χ0v) is 20.7. The van der Waals surface area contributed by atoms with Crippen molar-refractivity contribution in [2.45, 2.75) is 26.4 Å². The maximum atomic E-state index is 13.3. The van der Waals surface area contributed by atoms with Crippen LogP contribution in [0.4, 0.5) is 10.1 Å². The molecular weight excluding hydrogens is 463 g/mol. The first-order valence-corrected chi connectivity index (χ1v) is 12.2. The van der Waals surface area contributed by atoms with Crippen LogP contribution in [-0.2, 0) is 29.1 Å². The molecule has 0 aromatic heterocycles. The summed E-state index contributed by atoms with van der Waals surface area (Å²) in [5.41, 5.74) is 5.53. The molecule has 0 spiro atoms. The van der Waals surface area contributed by atoms with Crippen LogP contribution in [0, 0.1) is 12.7 Å². The van der Waals surface area contributed by atoms with Crippen LogP contribution in [0.25, 0.3) is 6.08 Å². The zero-order chi connectivity index (χ0) is 26.0. The highest BCUT2D eigenvalue weighted by atomic mass is 19.1. The lowest BCUT2D eigenvalue weighted by Crippen LogP contribution is -2.29. The van der Waals surface area contributed by atoms with Crippen molar-refractivity contribution in [3.05, 3.63) is 143 Å². The van der Waals surface area contributed by atoms with Crippen molar-refractivity contribution in [1.82, 2.24) is 5.32 Å². The maximum Gasteiger partial charge on any atom is 0.251 e. The molecule has 0 heterocycles. The van der Waals surface area contributed by atoms with Gasteiger partial charge in [0, 0.05) is 18.3 Å². The smallest absolute Gasteiger partial charge is 0.251 e. The van der Waals surface area contributed by atoms with E-state index in [1.54, 1.807) is 23.1 Å². The summed E-state index contributed by atoms with van der Waals surface area (Å²) in [6.07, 6.45) is 3.61. The Balaban J connectivity index is 1.45. The van der Waals surface area contributed by atoms with Gasteiger partial charge in [-0.05, 0) is 59.5 Å². The number of hydrogen-bond donors (Lipinski definition) is 1. The molecule has 4 nitrogen and oxygen atoms in total. The highest BCUT2D eigenvalue weighted by molar-refractivity contribution is 6.03. The summed E-state index contributed by atoms with van der Waals surface area (Å²) in [5, 5.41) is 2.86. The molecule has 0 bridgehead atoms. The largest absolute Gasteiger partial charge is 0.352 e. The lowest BCUT2D eigenvalue weighted by Gasteiger charge is -2.22. The van der Waals surface area contributed by atoms with E-state index in [1.807, 2.05) is 85.8 Å². The molecule has 0 saturated heterocycles. The molecule has 4 aromatic rings. The van der Waals surface area contributed by atoms with Crippen LogP contribution in [0.1, 0.15) is 27.8 Å². The van der Waals surface area contributed by atoms with E-state index in [-0.39, 0.29) is 24.1 Å². The van der Waals surface area contributed by atoms with E-state index in [0.29, 0.717) is 13.1 Å². The zero-order valence-electron chi connectivity index (χ0n) is 20.7. The van der Waals surface area contributed by atoms with Gasteiger partial charge in [-0.2, -0.15) is 0 Å². The van der Waals surface area contributed by atoms with E-state index in [9.17, 15) is 14.0 Å². The van der Waals surface area contributed by atoms with Crippen LogP contribution in [0.5, 0.6) is 0 Å². The number of benzene rings is 4. The molecule has 186 valence electrons. The maximum absolute atomic E-state index is 13.3. The summed E-state index contributed by atoms with van der Waals surface area (Å²) in [6, 6.07) is 31.3. The Morgan fingerprint density at radius 2 is 1.51 bits per heavy atom. The van der Waals surface area contributed by atoms with Crippen LogP contribution < -0.4 is 10.2 Å². The quantitative estimate of drug-likeness (QED) is 0.281. The first-order valence-electron chi connectivity index (χ1n) is 12.2. The fourth-order valence-corrected chi connectivity index (χ4v) is 3.96. The predicted octanol–water partition coefficient (Wildman–Crippen LogP) is 6.24. The Morgan fingerprint density at radius 3 is 2.22 bits per heavy atom. The third-order valence-electron chi connectivity index (χ3n) is 5.92. The number of nitrogens with zero attached hydrogens (tertiary/aromatic N) is 1. The number of nitrogens with one attached hydrogen (secondary N) is 1. The Kier molecular flexibility index (Phi) is 8.61. The van der Waals surface area contributed by atoms with Gasteiger partial charge in [-0.3, -0.25) is 9.59 Å². The molecule has 0 fully saturated rings. The minimum Gasteiger partial charge on any atom is -0.352 e. The van der Waals surface area contributed by atoms with Crippen LogP contribution in [0.3, 0.4) is 0 Å². The van der Waals surface area contributed by atoms with Gasteiger partial charge < -0.3 is 10.2 Å². The summed E-state index contributed by atoms with van der Waals surface area (Å²) in [7, 11) is 0. The minimum atomic E-state index is -0.305. The standard InChI is InChI=1S/C32H29FN2O2/c1-24-6-5-9-28(20-24)23-35(32(37)19-14-25-7-3-2-4-8-25)30-17-12-26(13-18-30)21-31(36)34-22-27-10-15-29(33)16-11-27/h2-20H,21-23H2,1H3,(H,34,36)/b19-14+. The monoisotopic (exact) mass is 492 g/mol. The fraction of sp³-hybridized carbons (Fsp3) is 0.125. The van der Waals surface area contributed by atoms with Crippen molar-refractivity contribution < 1.29 is 14.0 Å². The summed E-state index contributed by atoms with van der Waals surface area (Å²) < 4.78 is 13.1. The molecule has 0 aliphatic rings. The number of carbonyl (C=O) groups excluding carboxylic acids is 2. The molecule has 0 saturated carbocycles. The molecule has 0 aliphatic carbocycles. The van der Waals surface area contributed by atoms with Gasteiger partial charge >= 0.3 is 0 Å². The molecule has 0 unspecified atom stereocenters. The summed E-state index contributed by atoms with van der Waals surface area (Å²) in [6.45, 7) is 2.79. The number of carbonyl (C=O) groups is 2. The number of amides is 2. The van der Waals surface area contributed by atoms with Gasteiger partial charge in [-0.25, -0.2) is 4.39 Å². The number of anilines is 1. The average Bonchev–Trinajstić information content (AvgIpc) is 2.91. The lowest BCUT2D eigenvalue weighted by atomic mass is 10.1. The Bertz CT molecular complexity index is 1360. The summed E-state index contributed by atoms with van der Waals surface area (Å²) in [5.74, 6) is -0.564. The first-order chi connectivity index (χ1) is 18.0. The van der Waals surface area contributed by atoms with Gasteiger partial charge in [0.25, 0.3) is 5.91 Å². The third kappa shape index (κ3) is 7.74. The van der Waals surface area contributed by atoms with Gasteiger partial charge in [0.05, 0.1) is 13.0 Å². The Labute approximate surface area is 217 Å². The molecule has 5 heteroatoms. The second-order valence-electron chi connectivity index (χ2n) is 8.90. The van der Waals surface area contributed by atoms with Crippen molar-refractivity contribution in [2.75, 3.05) is 4.90 Å². The SMILES string of the molecule is Cc1cccc(CN(C(=O)/C=C/c2ccccc2)c2ccc(CC(=O)NCc3ccc(F)cc3)cc2)c1. The van der Waals surface area contributed by atoms with Crippen LogP contribution >= 0.6 is 0 Å². The van der Waals surface area contributed by atoms with Crippen molar-refractivity contribution in [1.29, 1.82) is 0 Å². The summed E-state index contributed by atoms with van der Waals surface area (Å²) >= 11 is 0. The van der Waals surface area contributed by atoms with E-state index in [1.165, 1.54) is 12.1 Å². The average molecular weight is 493 g/mol. The Morgan fingerprint density at radius 1 is 0.811 bits per heavy atom. The number of aryl methyl sites for hydroxylation is 1. The number of halogens is 1. The van der Waals surface area contributed by atoms with Crippen molar-refractivity contribution >= 4 is 23.6 Å². The van der Waals surface area contributed by atoms with Crippen LogP contribution in [0.15, 0.2) is 109 Å². The van der Waals surface area contributed by atoms with Gasteiger partial charge in [-0.15, -0.1) is 0 Å². The van der Waals surface area contributed by atoms with Crippen molar-refractivity contribution in [3.63, 3.8) is 0 Å². The molecule has 0 atom stereocenters. The molecule has 0 radical (unpaired) electrons. The summed E-state index contributed by atoms with van der Waals surface area (Å²) in [4.78, 5) is 27.4. The van der Waals surface area contributed by atoms with E-state index in [4.69, 9.17) is 0 Å². The molecule has 4 rings (SSSR count). The Hall–Kier alpha value is -4.51. The van der Waals surface area contributed by atoms with Crippen molar-refractivity contribution in [3.8, 4) is 0 Å². The fourth-order valence-electron chi connectivity index (χ4n) is 3.96. The second kappa shape index (κ2) is 12.5. The van der Waals surface area contributed by atoms with E-state index < -0.39 is 0 Å². The van der Waals surface area contributed by atoms with Crippen LogP contribution in [0.2, 0.25) is 0 Å². The van der Waals surface area contributed by atoms with Gasteiger partial charge in [0.1, 0.15) is 5.82 Å². The molecule has 1 N–H and O–H groups in total. The molecule has 37 heavy (non-hydrogen) atoms. The molecule has 4 aromatic carbocycles. The predicted molar refractivity (Wildman–Crippen MR) is 146 cm³/mol. The van der Waals surface area contributed by atoms with E-state index >= 15 is 0 Å². The highest BCUT2D eigenvalue weighted by Gasteiger charge is 2.15. The van der Waals surface area contributed by atoms with Crippen LogP contribution in [-0.4, -0.2) is 11.8 Å². The third-order valence-corrected chi connectivity index (χ3v) is 5.92. The van der Waals surface area contributed by atoms with E-state index in [2.05, 4.69) is 11.4 Å². The number of hydrogen-bond acceptors (Lipinski definition) is 2. The second-order valence-corrected chi connectivity index (χ2v) is 8.90. The first kappa shape index (κ1) is 25.6. The minimum absolute atomic E-state index is 0.129. The van der Waals surface area contributed by atoms with E-state index in [0.717, 1.165) is 33.5 Å². The highest BCUT2D eigenvalue weighted by Crippen LogP contribution is 2.20. The van der Waals surface area contributed by atoms with Crippen molar-refractivity contribution in [2.24, 2.45) is 0 Å². The van der Waals surface area contributed by atoms with Gasteiger partial charge in [0.15, 0.2) is 0 Å². The normalized spacial score (nSPS) is 10.9. The van der Waals surface area contributed by atoms with Gasteiger partial charge in [-0.1, -0.05) is 84.4 Å². The molecular formula is C32H29FN2O2. The topological polar surface area (TPSA) is 49.4 Å². The lowest BCUT2D eigenvalue weighted by molar-refractivity contribution is -0.120.